The zero-order valence-electron chi connectivity index (χ0n) is 21.3. The predicted molar refractivity (Wildman–Crippen MR) is 142 cm³/mol. The molecule has 0 radical (unpaired) electrons. The van der Waals surface area contributed by atoms with Gasteiger partial charge in [-0.25, -0.2) is 4.79 Å². The number of pyridine rings is 1. The van der Waals surface area contributed by atoms with Crippen molar-refractivity contribution in [2.75, 3.05) is 6.61 Å². The second-order valence-corrected chi connectivity index (χ2v) is 9.08. The third kappa shape index (κ3) is 9.56. The van der Waals surface area contributed by atoms with Gasteiger partial charge in [-0.15, -0.1) is 0 Å². The fourth-order valence-corrected chi connectivity index (χ4v) is 3.91. The molecule has 0 bridgehead atoms. The molecule has 3 aromatic rings. The van der Waals surface area contributed by atoms with Gasteiger partial charge in [-0.05, 0) is 79.6 Å². The van der Waals surface area contributed by atoms with E-state index in [0.717, 1.165) is 43.7 Å². The molecule has 186 valence electrons. The Hall–Kier alpha value is -3.14. The van der Waals surface area contributed by atoms with E-state index in [1.54, 1.807) is 0 Å². The quantitative estimate of drug-likeness (QED) is 0.128. The topological polar surface area (TPSA) is 48.4 Å². The van der Waals surface area contributed by atoms with E-state index < -0.39 is 0 Å². The molecule has 2 aromatic carbocycles. The van der Waals surface area contributed by atoms with Crippen LogP contribution in [0.3, 0.4) is 0 Å². The Morgan fingerprint density at radius 1 is 0.686 bits per heavy atom. The van der Waals surface area contributed by atoms with Crippen LogP contribution in [0.15, 0.2) is 66.9 Å². The van der Waals surface area contributed by atoms with Crippen molar-refractivity contribution < 1.29 is 14.3 Å². The number of ether oxygens (including phenoxy) is 2. The molecule has 4 nitrogen and oxygen atoms in total. The SMILES string of the molecule is CCCCCCc1ccc(C(=O)Oc2ccc(CCc3ccc(OCCCCC)cn3)cc2)cc1. The molecule has 0 fully saturated rings. The summed E-state index contributed by atoms with van der Waals surface area (Å²) in [6, 6.07) is 19.5. The first-order valence-corrected chi connectivity index (χ1v) is 13.2. The zero-order valence-corrected chi connectivity index (χ0v) is 21.3. The van der Waals surface area contributed by atoms with Crippen LogP contribution in [-0.2, 0) is 19.3 Å². The summed E-state index contributed by atoms with van der Waals surface area (Å²) in [6.07, 6.45) is 13.0. The Kier molecular flexibility index (Phi) is 11.3. The summed E-state index contributed by atoms with van der Waals surface area (Å²) in [6.45, 7) is 5.15. The highest BCUT2D eigenvalue weighted by molar-refractivity contribution is 5.91. The maximum Gasteiger partial charge on any atom is 0.343 e. The maximum atomic E-state index is 12.5. The van der Waals surface area contributed by atoms with Crippen molar-refractivity contribution in [2.45, 2.75) is 78.1 Å². The fourth-order valence-electron chi connectivity index (χ4n) is 3.91. The van der Waals surface area contributed by atoms with Crippen LogP contribution in [0.4, 0.5) is 0 Å². The number of rotatable bonds is 15. The minimum absolute atomic E-state index is 0.323. The Bertz CT molecular complexity index is 995. The molecule has 4 heteroatoms. The molecule has 0 unspecified atom stereocenters. The highest BCUT2D eigenvalue weighted by Crippen LogP contribution is 2.17. The van der Waals surface area contributed by atoms with Crippen LogP contribution in [-0.4, -0.2) is 17.6 Å². The normalized spacial score (nSPS) is 10.8. The van der Waals surface area contributed by atoms with Gasteiger partial charge in [-0.1, -0.05) is 70.2 Å². The molecule has 0 aliphatic carbocycles. The van der Waals surface area contributed by atoms with E-state index in [9.17, 15) is 4.79 Å². The molecule has 1 aromatic heterocycles. The second kappa shape index (κ2) is 15.0. The molecule has 0 aliphatic heterocycles. The zero-order chi connectivity index (χ0) is 24.7. The van der Waals surface area contributed by atoms with Gasteiger partial charge in [0.1, 0.15) is 11.5 Å². The largest absolute Gasteiger partial charge is 0.492 e. The van der Waals surface area contributed by atoms with Crippen molar-refractivity contribution in [1.29, 1.82) is 0 Å². The number of nitrogens with zero attached hydrogens (tertiary/aromatic N) is 1. The van der Waals surface area contributed by atoms with Gasteiger partial charge in [0, 0.05) is 5.69 Å². The lowest BCUT2D eigenvalue weighted by Crippen LogP contribution is -2.08. The molecular weight excluding hydrogens is 434 g/mol. The summed E-state index contributed by atoms with van der Waals surface area (Å²) < 4.78 is 11.3. The summed E-state index contributed by atoms with van der Waals surface area (Å²) in [4.78, 5) is 17.0. The van der Waals surface area contributed by atoms with Crippen molar-refractivity contribution in [3.63, 3.8) is 0 Å². The maximum absolute atomic E-state index is 12.5. The lowest BCUT2D eigenvalue weighted by atomic mass is 10.0. The van der Waals surface area contributed by atoms with Crippen molar-refractivity contribution in [1.82, 2.24) is 4.98 Å². The predicted octanol–water partition coefficient (Wildman–Crippen LogP) is 7.78. The smallest absolute Gasteiger partial charge is 0.343 e. The third-order valence-corrected chi connectivity index (χ3v) is 6.13. The van der Waals surface area contributed by atoms with Gasteiger partial charge < -0.3 is 9.47 Å². The standard InChI is InChI=1S/C31H39NO3/c1-3-5-7-8-10-25-11-16-27(17-12-25)31(33)35-29-20-14-26(15-21-29)13-18-28-19-22-30(24-32-28)34-23-9-6-4-2/h11-12,14-17,19-22,24H,3-10,13,18,23H2,1-2H3. The summed E-state index contributed by atoms with van der Waals surface area (Å²) in [5, 5.41) is 0. The second-order valence-electron chi connectivity index (χ2n) is 9.08. The van der Waals surface area contributed by atoms with Gasteiger partial charge in [-0.2, -0.15) is 0 Å². The Labute approximate surface area is 210 Å². The lowest BCUT2D eigenvalue weighted by Gasteiger charge is -2.08. The van der Waals surface area contributed by atoms with Gasteiger partial charge in [-0.3, -0.25) is 4.98 Å². The monoisotopic (exact) mass is 473 g/mol. The first-order chi connectivity index (χ1) is 17.2. The van der Waals surface area contributed by atoms with Crippen molar-refractivity contribution >= 4 is 5.97 Å². The molecule has 0 N–H and O–H groups in total. The van der Waals surface area contributed by atoms with E-state index in [0.29, 0.717) is 11.3 Å². The number of unbranched alkanes of at least 4 members (excludes halogenated alkanes) is 5. The van der Waals surface area contributed by atoms with Crippen LogP contribution < -0.4 is 9.47 Å². The lowest BCUT2D eigenvalue weighted by molar-refractivity contribution is 0.0734. The summed E-state index contributed by atoms with van der Waals surface area (Å²) in [7, 11) is 0. The van der Waals surface area contributed by atoms with Gasteiger partial charge in [0.25, 0.3) is 0 Å². The molecule has 1 heterocycles. The van der Waals surface area contributed by atoms with Crippen LogP contribution in [0.1, 0.15) is 86.0 Å². The number of benzene rings is 2. The summed E-state index contributed by atoms with van der Waals surface area (Å²) >= 11 is 0. The van der Waals surface area contributed by atoms with Crippen molar-refractivity contribution in [2.24, 2.45) is 0 Å². The fraction of sp³-hybridized carbons (Fsp3) is 0.419. The summed E-state index contributed by atoms with van der Waals surface area (Å²) in [5.41, 5.74) is 4.06. The van der Waals surface area contributed by atoms with Gasteiger partial charge >= 0.3 is 5.97 Å². The van der Waals surface area contributed by atoms with E-state index in [2.05, 4.69) is 18.8 Å². The molecule has 3 rings (SSSR count). The minimum Gasteiger partial charge on any atom is -0.492 e. The van der Waals surface area contributed by atoms with E-state index in [1.165, 1.54) is 49.7 Å². The van der Waals surface area contributed by atoms with Gasteiger partial charge in [0.15, 0.2) is 0 Å². The average molecular weight is 474 g/mol. The Balaban J connectivity index is 1.42. The van der Waals surface area contributed by atoms with Crippen LogP contribution in [0.25, 0.3) is 0 Å². The number of aromatic nitrogens is 1. The Morgan fingerprint density at radius 2 is 1.34 bits per heavy atom. The third-order valence-electron chi connectivity index (χ3n) is 6.13. The highest BCUT2D eigenvalue weighted by Gasteiger charge is 2.09. The molecule has 0 saturated carbocycles. The molecule has 35 heavy (non-hydrogen) atoms. The average Bonchev–Trinajstić information content (AvgIpc) is 2.90. The van der Waals surface area contributed by atoms with Crippen LogP contribution in [0, 0.1) is 0 Å². The van der Waals surface area contributed by atoms with Crippen molar-refractivity contribution in [3.8, 4) is 11.5 Å². The first-order valence-electron chi connectivity index (χ1n) is 13.2. The van der Waals surface area contributed by atoms with Crippen molar-refractivity contribution in [3.05, 3.63) is 89.2 Å². The van der Waals surface area contributed by atoms with Crippen LogP contribution >= 0.6 is 0 Å². The summed E-state index contributed by atoms with van der Waals surface area (Å²) in [5.74, 6) is 1.07. The molecule has 0 atom stereocenters. The van der Waals surface area contributed by atoms with Crippen LogP contribution in [0.2, 0.25) is 0 Å². The first kappa shape index (κ1) is 26.5. The van der Waals surface area contributed by atoms with E-state index in [1.807, 2.05) is 66.9 Å². The highest BCUT2D eigenvalue weighted by atomic mass is 16.5. The molecular formula is C31H39NO3. The molecule has 0 amide bonds. The molecule has 0 aliphatic rings. The number of hydrogen-bond acceptors (Lipinski definition) is 4. The molecule has 0 saturated heterocycles. The number of aryl methyl sites for hydroxylation is 3. The van der Waals surface area contributed by atoms with E-state index >= 15 is 0 Å². The Morgan fingerprint density at radius 3 is 2.03 bits per heavy atom. The molecule has 0 spiro atoms. The van der Waals surface area contributed by atoms with Gasteiger partial charge in [0.2, 0.25) is 0 Å². The van der Waals surface area contributed by atoms with E-state index in [-0.39, 0.29) is 5.97 Å². The number of carbonyl (C=O) groups excluding carboxylic acids is 1. The minimum atomic E-state index is -0.323. The van der Waals surface area contributed by atoms with Gasteiger partial charge in [0.05, 0.1) is 18.4 Å². The van der Waals surface area contributed by atoms with Crippen LogP contribution in [0.5, 0.6) is 11.5 Å². The number of hydrogen-bond donors (Lipinski definition) is 0. The number of esters is 1. The number of carbonyl (C=O) groups is 1. The van der Waals surface area contributed by atoms with E-state index in [4.69, 9.17) is 9.47 Å².